The fourth-order valence-electron chi connectivity index (χ4n) is 2.52. The average molecular weight is 419 g/mol. The molecule has 0 radical (unpaired) electrons. The van der Waals surface area contributed by atoms with Crippen LogP contribution in [0, 0.1) is 18.2 Å². The Balaban J connectivity index is 2.04. The van der Waals surface area contributed by atoms with Crippen molar-refractivity contribution in [1.29, 1.82) is 0 Å². The normalized spacial score (nSPS) is 11.0. The van der Waals surface area contributed by atoms with E-state index in [1.54, 1.807) is 18.2 Å². The molecule has 30 heavy (non-hydrogen) atoms. The van der Waals surface area contributed by atoms with Gasteiger partial charge in [0.05, 0.1) is 12.7 Å². The number of halogens is 3. The molecule has 1 N–H and O–H groups in total. The van der Waals surface area contributed by atoms with E-state index >= 15 is 0 Å². The van der Waals surface area contributed by atoms with Crippen molar-refractivity contribution in [3.63, 3.8) is 0 Å². The molecule has 0 saturated heterocycles. The van der Waals surface area contributed by atoms with Crippen LogP contribution >= 0.6 is 0 Å². The van der Waals surface area contributed by atoms with E-state index in [4.69, 9.17) is 15.9 Å². The molecule has 8 heteroatoms. The summed E-state index contributed by atoms with van der Waals surface area (Å²) in [7, 11) is 1.49. The van der Waals surface area contributed by atoms with E-state index in [9.17, 15) is 18.0 Å². The lowest BCUT2D eigenvalue weighted by atomic mass is 10.1. The zero-order valence-corrected chi connectivity index (χ0v) is 16.2. The zero-order valence-electron chi connectivity index (χ0n) is 16.2. The molecular weight excluding hydrogens is 399 g/mol. The van der Waals surface area contributed by atoms with E-state index < -0.39 is 18.3 Å². The standard InChI is InChI=1S/C22H20F3NO4/c1-3-12-29-19-9-4-15(13-20(19)28-2)10-11-26-21(27)18(14-30-22(24)25)16-5-7-17(23)8-6-16/h1,4-9,13-14,22H,10-12H2,2H3,(H,26,27)/b18-14+. The molecule has 0 aliphatic carbocycles. The second-order valence-electron chi connectivity index (χ2n) is 5.92. The van der Waals surface area contributed by atoms with Gasteiger partial charge in [-0.05, 0) is 41.8 Å². The fraction of sp³-hybridized carbons (Fsp3) is 0.227. The number of rotatable bonds is 10. The molecule has 0 fully saturated rings. The predicted molar refractivity (Wildman–Crippen MR) is 106 cm³/mol. The number of terminal acetylenes is 1. The quantitative estimate of drug-likeness (QED) is 0.362. The van der Waals surface area contributed by atoms with Crippen molar-refractivity contribution in [2.24, 2.45) is 0 Å². The molecule has 0 atom stereocenters. The molecule has 0 aliphatic heterocycles. The summed E-state index contributed by atoms with van der Waals surface area (Å²) < 4.78 is 52.7. The molecule has 0 spiro atoms. The summed E-state index contributed by atoms with van der Waals surface area (Å²) in [5.74, 6) is 2.20. The Labute approximate surface area is 172 Å². The van der Waals surface area contributed by atoms with E-state index in [2.05, 4.69) is 16.0 Å². The minimum atomic E-state index is -3.09. The molecule has 158 valence electrons. The number of ether oxygens (including phenoxy) is 3. The fourth-order valence-corrected chi connectivity index (χ4v) is 2.52. The van der Waals surface area contributed by atoms with Crippen molar-refractivity contribution in [2.45, 2.75) is 13.0 Å². The number of amides is 1. The lowest BCUT2D eigenvalue weighted by Gasteiger charge is -2.12. The van der Waals surface area contributed by atoms with Gasteiger partial charge in [-0.15, -0.1) is 6.42 Å². The second kappa shape index (κ2) is 11.4. The molecule has 0 aliphatic rings. The van der Waals surface area contributed by atoms with Crippen LogP contribution in [0.3, 0.4) is 0 Å². The van der Waals surface area contributed by atoms with E-state index in [1.807, 2.05) is 0 Å². The van der Waals surface area contributed by atoms with E-state index in [0.29, 0.717) is 24.2 Å². The van der Waals surface area contributed by atoms with Crippen LogP contribution in [0.5, 0.6) is 11.5 Å². The first-order valence-electron chi connectivity index (χ1n) is 8.85. The minimum absolute atomic E-state index is 0.102. The number of methoxy groups -OCH3 is 1. The molecule has 0 saturated carbocycles. The molecule has 0 unspecified atom stereocenters. The van der Waals surface area contributed by atoms with Gasteiger partial charge in [0.1, 0.15) is 18.7 Å². The van der Waals surface area contributed by atoms with Gasteiger partial charge in [-0.3, -0.25) is 4.79 Å². The van der Waals surface area contributed by atoms with E-state index in [1.165, 1.54) is 19.2 Å². The Morgan fingerprint density at radius 2 is 1.93 bits per heavy atom. The number of hydrogen-bond donors (Lipinski definition) is 1. The molecule has 0 bridgehead atoms. The Hall–Kier alpha value is -3.60. The lowest BCUT2D eigenvalue weighted by Crippen LogP contribution is -2.27. The van der Waals surface area contributed by atoms with Gasteiger partial charge < -0.3 is 19.5 Å². The maximum absolute atomic E-state index is 13.1. The Morgan fingerprint density at radius 3 is 2.57 bits per heavy atom. The smallest absolute Gasteiger partial charge is 0.386 e. The zero-order chi connectivity index (χ0) is 21.9. The largest absolute Gasteiger partial charge is 0.493 e. The van der Waals surface area contributed by atoms with Crippen LogP contribution in [0.2, 0.25) is 0 Å². The number of alkyl halides is 2. The lowest BCUT2D eigenvalue weighted by molar-refractivity contribution is -0.116. The van der Waals surface area contributed by atoms with Crippen molar-refractivity contribution >= 4 is 11.5 Å². The first-order valence-corrected chi connectivity index (χ1v) is 8.85. The highest BCUT2D eigenvalue weighted by atomic mass is 19.3. The molecule has 2 aromatic carbocycles. The average Bonchev–Trinajstić information content (AvgIpc) is 2.73. The van der Waals surface area contributed by atoms with Gasteiger partial charge >= 0.3 is 6.61 Å². The monoisotopic (exact) mass is 419 g/mol. The maximum Gasteiger partial charge on any atom is 0.386 e. The first kappa shape index (κ1) is 22.7. The van der Waals surface area contributed by atoms with E-state index in [-0.39, 0.29) is 24.3 Å². The van der Waals surface area contributed by atoms with Gasteiger partial charge in [0, 0.05) is 6.54 Å². The van der Waals surface area contributed by atoms with Crippen LogP contribution in [0.25, 0.3) is 5.57 Å². The molecule has 0 heterocycles. The number of hydrogen-bond acceptors (Lipinski definition) is 4. The Bertz CT molecular complexity index is 921. The predicted octanol–water partition coefficient (Wildman–Crippen LogP) is 3.79. The molecular formula is C22H20F3NO4. The summed E-state index contributed by atoms with van der Waals surface area (Å²) in [6.07, 6.45) is 6.27. The number of nitrogens with one attached hydrogen (secondary N) is 1. The molecule has 1 amide bonds. The summed E-state index contributed by atoms with van der Waals surface area (Å²) >= 11 is 0. The van der Waals surface area contributed by atoms with E-state index in [0.717, 1.165) is 17.7 Å². The van der Waals surface area contributed by atoms with Crippen LogP contribution in [-0.4, -0.2) is 32.8 Å². The van der Waals surface area contributed by atoms with Crippen molar-refractivity contribution in [1.82, 2.24) is 5.32 Å². The number of benzene rings is 2. The Kier molecular flexibility index (Phi) is 8.63. The SMILES string of the molecule is C#CCOc1ccc(CCNC(=O)/C(=C/OC(F)F)c2ccc(F)cc2)cc1OC. The van der Waals surface area contributed by atoms with Crippen molar-refractivity contribution in [2.75, 3.05) is 20.3 Å². The minimum Gasteiger partial charge on any atom is -0.493 e. The van der Waals surface area contributed by atoms with Gasteiger partial charge in [-0.1, -0.05) is 24.1 Å². The first-order chi connectivity index (χ1) is 14.4. The Morgan fingerprint density at radius 1 is 1.20 bits per heavy atom. The van der Waals surface area contributed by atoms with Gasteiger partial charge in [-0.2, -0.15) is 8.78 Å². The summed E-state index contributed by atoms with van der Waals surface area (Å²) in [5, 5.41) is 2.63. The van der Waals surface area contributed by atoms with Crippen molar-refractivity contribution in [3.8, 4) is 23.8 Å². The molecule has 2 aromatic rings. The summed E-state index contributed by atoms with van der Waals surface area (Å²) in [4.78, 5) is 12.5. The third-order valence-corrected chi connectivity index (χ3v) is 3.93. The van der Waals surface area contributed by atoms with Crippen LogP contribution in [0.15, 0.2) is 48.7 Å². The third-order valence-electron chi connectivity index (χ3n) is 3.93. The highest BCUT2D eigenvalue weighted by Crippen LogP contribution is 2.28. The number of carbonyl (C=O) groups is 1. The molecule has 2 rings (SSSR count). The summed E-state index contributed by atoms with van der Waals surface area (Å²) in [6, 6.07) is 10.1. The van der Waals surface area contributed by atoms with Crippen LogP contribution in [0.1, 0.15) is 11.1 Å². The summed E-state index contributed by atoms with van der Waals surface area (Å²) in [5.41, 5.74) is 0.938. The molecule has 5 nitrogen and oxygen atoms in total. The van der Waals surface area contributed by atoms with Gasteiger partial charge in [0.2, 0.25) is 0 Å². The second-order valence-corrected chi connectivity index (χ2v) is 5.92. The highest BCUT2D eigenvalue weighted by molar-refractivity contribution is 6.19. The van der Waals surface area contributed by atoms with Gasteiger partial charge in [0.25, 0.3) is 5.91 Å². The molecule has 0 aromatic heterocycles. The number of carbonyl (C=O) groups excluding carboxylic acids is 1. The topological polar surface area (TPSA) is 56.8 Å². The highest BCUT2D eigenvalue weighted by Gasteiger charge is 2.14. The third kappa shape index (κ3) is 6.78. The van der Waals surface area contributed by atoms with Crippen LogP contribution in [-0.2, 0) is 16.0 Å². The van der Waals surface area contributed by atoms with Crippen LogP contribution in [0.4, 0.5) is 13.2 Å². The van der Waals surface area contributed by atoms with Gasteiger partial charge in [0.15, 0.2) is 11.5 Å². The van der Waals surface area contributed by atoms with Crippen LogP contribution < -0.4 is 14.8 Å². The van der Waals surface area contributed by atoms with Crippen molar-refractivity contribution < 1.29 is 32.2 Å². The maximum atomic E-state index is 13.1. The van der Waals surface area contributed by atoms with Crippen molar-refractivity contribution in [3.05, 3.63) is 65.7 Å². The summed E-state index contributed by atoms with van der Waals surface area (Å²) in [6.45, 7) is -2.78. The van der Waals surface area contributed by atoms with Gasteiger partial charge in [-0.25, -0.2) is 4.39 Å².